The first-order valence-corrected chi connectivity index (χ1v) is 8.73. The Morgan fingerprint density at radius 3 is 3.08 bits per heavy atom. The van der Waals surface area contributed by atoms with Gasteiger partial charge in [0.05, 0.1) is 12.2 Å². The Hall–Kier alpha value is -2.31. The molecule has 3 heterocycles. The number of hydrogen-bond donors (Lipinski definition) is 2. The average Bonchev–Trinajstić information content (AvgIpc) is 3.24. The first-order chi connectivity index (χ1) is 11.6. The molecule has 0 saturated carbocycles. The van der Waals surface area contributed by atoms with E-state index in [9.17, 15) is 4.79 Å². The smallest absolute Gasteiger partial charge is 0.317 e. The van der Waals surface area contributed by atoms with E-state index in [4.69, 9.17) is 0 Å². The van der Waals surface area contributed by atoms with Gasteiger partial charge in [0, 0.05) is 37.1 Å². The molecule has 2 aromatic rings. The number of aromatic amines is 1. The molecule has 1 atom stereocenters. The third kappa shape index (κ3) is 3.96. The second-order valence-corrected chi connectivity index (χ2v) is 6.81. The van der Waals surface area contributed by atoms with Crippen LogP contribution in [0.25, 0.3) is 0 Å². The molecule has 7 heteroatoms. The van der Waals surface area contributed by atoms with Crippen molar-refractivity contribution in [3.05, 3.63) is 30.2 Å². The van der Waals surface area contributed by atoms with Gasteiger partial charge in [-0.25, -0.2) is 4.79 Å². The van der Waals surface area contributed by atoms with E-state index in [0.29, 0.717) is 11.7 Å². The molecular formula is C17H26N6O. The van der Waals surface area contributed by atoms with Gasteiger partial charge in [0.25, 0.3) is 0 Å². The van der Waals surface area contributed by atoms with Gasteiger partial charge in [-0.15, -0.1) is 0 Å². The zero-order valence-corrected chi connectivity index (χ0v) is 14.4. The molecule has 2 aromatic heterocycles. The van der Waals surface area contributed by atoms with E-state index in [1.807, 2.05) is 28.0 Å². The lowest BCUT2D eigenvalue weighted by Gasteiger charge is -2.35. The van der Waals surface area contributed by atoms with Crippen LogP contribution in [0.1, 0.15) is 51.1 Å². The number of carbonyl (C=O) groups is 1. The summed E-state index contributed by atoms with van der Waals surface area (Å²) in [6.07, 6.45) is 9.79. The molecule has 7 nitrogen and oxygen atoms in total. The summed E-state index contributed by atoms with van der Waals surface area (Å²) in [5.41, 5.74) is 1.06. The summed E-state index contributed by atoms with van der Waals surface area (Å²) in [6.45, 7) is 6.02. The standard InChI is InChI=1S/C17H26N6O/c1-13(2)6-9-22-10-7-16(21-22)20-17(24)23-8-4-3-5-15(23)14-11-18-19-12-14/h7,10-13,15H,3-6,8-9H2,1-2H3,(H,18,19)(H,20,21,24)/t15-/m1/s1. The Balaban J connectivity index is 1.63. The summed E-state index contributed by atoms with van der Waals surface area (Å²) in [6, 6.07) is 1.85. The summed E-state index contributed by atoms with van der Waals surface area (Å²) < 4.78 is 1.89. The maximum absolute atomic E-state index is 12.7. The molecular weight excluding hydrogens is 304 g/mol. The third-order valence-electron chi connectivity index (χ3n) is 4.48. The van der Waals surface area contributed by atoms with Gasteiger partial charge in [0.1, 0.15) is 0 Å². The molecule has 1 aliphatic rings. The summed E-state index contributed by atoms with van der Waals surface area (Å²) in [5, 5.41) is 14.2. The van der Waals surface area contributed by atoms with Crippen LogP contribution in [0.4, 0.5) is 10.6 Å². The lowest BCUT2D eigenvalue weighted by Crippen LogP contribution is -2.41. The van der Waals surface area contributed by atoms with Crippen molar-refractivity contribution in [1.82, 2.24) is 24.9 Å². The van der Waals surface area contributed by atoms with Crippen molar-refractivity contribution in [3.8, 4) is 0 Å². The highest BCUT2D eigenvalue weighted by atomic mass is 16.2. The number of anilines is 1. The van der Waals surface area contributed by atoms with E-state index in [-0.39, 0.29) is 12.1 Å². The second-order valence-electron chi connectivity index (χ2n) is 6.81. The van der Waals surface area contributed by atoms with E-state index in [2.05, 4.69) is 34.5 Å². The number of nitrogens with one attached hydrogen (secondary N) is 2. The number of likely N-dealkylation sites (tertiary alicyclic amines) is 1. The number of aryl methyl sites for hydroxylation is 1. The fraction of sp³-hybridized carbons (Fsp3) is 0.588. The number of H-pyrrole nitrogens is 1. The predicted octanol–water partition coefficient (Wildman–Crippen LogP) is 3.41. The number of piperidine rings is 1. The van der Waals surface area contributed by atoms with Crippen LogP contribution in [0.2, 0.25) is 0 Å². The van der Waals surface area contributed by atoms with Crippen molar-refractivity contribution in [2.75, 3.05) is 11.9 Å². The van der Waals surface area contributed by atoms with Crippen LogP contribution in [-0.4, -0.2) is 37.5 Å². The zero-order chi connectivity index (χ0) is 16.9. The highest BCUT2D eigenvalue weighted by Gasteiger charge is 2.28. The van der Waals surface area contributed by atoms with Crippen LogP contribution < -0.4 is 5.32 Å². The molecule has 2 N–H and O–H groups in total. The number of nitrogens with zero attached hydrogens (tertiary/aromatic N) is 4. The summed E-state index contributed by atoms with van der Waals surface area (Å²) in [7, 11) is 0. The zero-order valence-electron chi connectivity index (χ0n) is 14.4. The number of rotatable bonds is 5. The monoisotopic (exact) mass is 330 g/mol. The lowest BCUT2D eigenvalue weighted by molar-refractivity contribution is 0.163. The Morgan fingerprint density at radius 2 is 2.33 bits per heavy atom. The molecule has 130 valence electrons. The largest absolute Gasteiger partial charge is 0.323 e. The first-order valence-electron chi connectivity index (χ1n) is 8.73. The number of amides is 2. The quantitative estimate of drug-likeness (QED) is 0.881. The highest BCUT2D eigenvalue weighted by Crippen LogP contribution is 2.30. The summed E-state index contributed by atoms with van der Waals surface area (Å²) >= 11 is 0. The molecule has 0 aliphatic carbocycles. The molecule has 0 radical (unpaired) electrons. The van der Waals surface area contributed by atoms with E-state index < -0.39 is 0 Å². The van der Waals surface area contributed by atoms with Gasteiger partial charge in [0.15, 0.2) is 5.82 Å². The molecule has 24 heavy (non-hydrogen) atoms. The molecule has 3 rings (SSSR count). The summed E-state index contributed by atoms with van der Waals surface area (Å²) in [5.74, 6) is 1.25. The Kier molecular flexibility index (Phi) is 5.17. The predicted molar refractivity (Wildman–Crippen MR) is 92.6 cm³/mol. The van der Waals surface area contributed by atoms with Gasteiger partial charge in [-0.05, 0) is 31.6 Å². The molecule has 0 unspecified atom stereocenters. The van der Waals surface area contributed by atoms with Crippen LogP contribution in [0.15, 0.2) is 24.7 Å². The van der Waals surface area contributed by atoms with Gasteiger partial charge in [-0.3, -0.25) is 15.1 Å². The van der Waals surface area contributed by atoms with E-state index in [1.54, 1.807) is 6.20 Å². The molecule has 0 bridgehead atoms. The summed E-state index contributed by atoms with van der Waals surface area (Å²) in [4.78, 5) is 14.6. The normalized spacial score (nSPS) is 18.1. The van der Waals surface area contributed by atoms with E-state index >= 15 is 0 Å². The van der Waals surface area contributed by atoms with Crippen LogP contribution >= 0.6 is 0 Å². The Bertz CT molecular complexity index is 648. The van der Waals surface area contributed by atoms with Crippen molar-refractivity contribution in [2.45, 2.75) is 52.1 Å². The van der Waals surface area contributed by atoms with Crippen molar-refractivity contribution in [1.29, 1.82) is 0 Å². The molecule has 2 amide bonds. The number of urea groups is 1. The molecule has 1 saturated heterocycles. The van der Waals surface area contributed by atoms with Gasteiger partial charge in [-0.2, -0.15) is 10.2 Å². The molecule has 1 fully saturated rings. The number of aromatic nitrogens is 4. The number of hydrogen-bond acceptors (Lipinski definition) is 3. The Labute approximate surface area is 142 Å². The van der Waals surface area contributed by atoms with Crippen LogP contribution in [0, 0.1) is 5.92 Å². The third-order valence-corrected chi connectivity index (χ3v) is 4.48. The molecule has 0 spiro atoms. The SMILES string of the molecule is CC(C)CCn1ccc(NC(=O)N2CCCC[C@@H]2c2cn[nH]c2)n1. The minimum Gasteiger partial charge on any atom is -0.317 e. The molecule has 0 aromatic carbocycles. The van der Waals surface area contributed by atoms with Crippen molar-refractivity contribution >= 4 is 11.8 Å². The van der Waals surface area contributed by atoms with E-state index in [1.165, 1.54) is 0 Å². The van der Waals surface area contributed by atoms with Gasteiger partial charge < -0.3 is 4.90 Å². The van der Waals surface area contributed by atoms with Crippen molar-refractivity contribution in [3.63, 3.8) is 0 Å². The number of carbonyl (C=O) groups excluding carboxylic acids is 1. The van der Waals surface area contributed by atoms with Crippen LogP contribution in [-0.2, 0) is 6.54 Å². The maximum atomic E-state index is 12.7. The van der Waals surface area contributed by atoms with Crippen molar-refractivity contribution in [2.24, 2.45) is 5.92 Å². The highest BCUT2D eigenvalue weighted by molar-refractivity contribution is 5.88. The average molecular weight is 330 g/mol. The van der Waals surface area contributed by atoms with Crippen molar-refractivity contribution < 1.29 is 4.79 Å². The lowest BCUT2D eigenvalue weighted by atomic mass is 9.98. The van der Waals surface area contributed by atoms with Crippen LogP contribution in [0.3, 0.4) is 0 Å². The topological polar surface area (TPSA) is 78.8 Å². The minimum absolute atomic E-state index is 0.0838. The van der Waals surface area contributed by atoms with Gasteiger partial charge in [-0.1, -0.05) is 13.8 Å². The second kappa shape index (κ2) is 7.51. The van der Waals surface area contributed by atoms with Gasteiger partial charge >= 0.3 is 6.03 Å². The fourth-order valence-electron chi connectivity index (χ4n) is 3.09. The minimum atomic E-state index is -0.0880. The van der Waals surface area contributed by atoms with Crippen LogP contribution in [0.5, 0.6) is 0 Å². The fourth-order valence-corrected chi connectivity index (χ4v) is 3.09. The van der Waals surface area contributed by atoms with E-state index in [0.717, 1.165) is 44.3 Å². The Morgan fingerprint density at radius 1 is 1.46 bits per heavy atom. The van der Waals surface area contributed by atoms with Gasteiger partial charge in [0.2, 0.25) is 0 Å². The molecule has 1 aliphatic heterocycles. The maximum Gasteiger partial charge on any atom is 0.323 e. The first kappa shape index (κ1) is 16.5.